The monoisotopic (exact) mass is 299 g/mol. The number of carboxylic acid groups (broad SMARTS) is 1. The number of hydrogen-bond acceptors (Lipinski definition) is 3. The quantitative estimate of drug-likeness (QED) is 0.810. The van der Waals surface area contributed by atoms with Crippen molar-refractivity contribution in [1.82, 2.24) is 0 Å². The van der Waals surface area contributed by atoms with Crippen LogP contribution >= 0.6 is 0 Å². The summed E-state index contributed by atoms with van der Waals surface area (Å²) in [7, 11) is 3.82. The van der Waals surface area contributed by atoms with Crippen molar-refractivity contribution in [2.45, 2.75) is 0 Å². The standard InChI is InChI=1S/C16H17N3O3/c1-19(2)14-5-3-4-11(10-14)15(20)17-12-6-8-13(9-7-12)18-16(21)22/h3-10,18H,1-2H3,(H,17,20)(H,21,22). The minimum Gasteiger partial charge on any atom is -0.465 e. The number of rotatable bonds is 4. The van der Waals surface area contributed by atoms with Gasteiger partial charge in [-0.05, 0) is 42.5 Å². The molecule has 0 aliphatic rings. The number of nitrogens with zero attached hydrogens (tertiary/aromatic N) is 1. The van der Waals surface area contributed by atoms with Crippen molar-refractivity contribution in [1.29, 1.82) is 0 Å². The van der Waals surface area contributed by atoms with E-state index >= 15 is 0 Å². The number of nitrogens with one attached hydrogen (secondary N) is 2. The van der Waals surface area contributed by atoms with Gasteiger partial charge in [0, 0.05) is 36.7 Å². The highest BCUT2D eigenvalue weighted by molar-refractivity contribution is 6.04. The Morgan fingerprint density at radius 2 is 1.55 bits per heavy atom. The van der Waals surface area contributed by atoms with Crippen molar-refractivity contribution in [3.63, 3.8) is 0 Å². The fourth-order valence-electron chi connectivity index (χ4n) is 1.89. The zero-order valence-corrected chi connectivity index (χ0v) is 12.3. The smallest absolute Gasteiger partial charge is 0.409 e. The second kappa shape index (κ2) is 6.62. The van der Waals surface area contributed by atoms with Gasteiger partial charge in [-0.2, -0.15) is 0 Å². The van der Waals surface area contributed by atoms with E-state index < -0.39 is 6.09 Å². The van der Waals surface area contributed by atoms with Gasteiger partial charge in [-0.3, -0.25) is 10.1 Å². The Morgan fingerprint density at radius 1 is 0.955 bits per heavy atom. The molecule has 0 aliphatic heterocycles. The molecule has 0 aliphatic carbocycles. The van der Waals surface area contributed by atoms with Crippen LogP contribution < -0.4 is 15.5 Å². The topological polar surface area (TPSA) is 81.7 Å². The highest BCUT2D eigenvalue weighted by Crippen LogP contribution is 2.17. The highest BCUT2D eigenvalue weighted by atomic mass is 16.4. The van der Waals surface area contributed by atoms with Gasteiger partial charge in [0.1, 0.15) is 0 Å². The third kappa shape index (κ3) is 3.99. The van der Waals surface area contributed by atoms with Crippen molar-refractivity contribution < 1.29 is 14.7 Å². The van der Waals surface area contributed by atoms with Crippen molar-refractivity contribution in [2.24, 2.45) is 0 Å². The van der Waals surface area contributed by atoms with Crippen LogP contribution in [-0.4, -0.2) is 31.2 Å². The second-order valence-corrected chi connectivity index (χ2v) is 4.91. The number of anilines is 3. The first-order chi connectivity index (χ1) is 10.5. The Labute approximate surface area is 128 Å². The molecular formula is C16H17N3O3. The second-order valence-electron chi connectivity index (χ2n) is 4.91. The van der Waals surface area contributed by atoms with Crippen LogP contribution in [0.15, 0.2) is 48.5 Å². The van der Waals surface area contributed by atoms with E-state index in [1.54, 1.807) is 36.4 Å². The molecule has 0 spiro atoms. The Balaban J connectivity index is 2.08. The summed E-state index contributed by atoms with van der Waals surface area (Å²) < 4.78 is 0. The lowest BCUT2D eigenvalue weighted by atomic mass is 10.1. The Kier molecular flexibility index (Phi) is 4.63. The summed E-state index contributed by atoms with van der Waals surface area (Å²) in [4.78, 5) is 24.7. The summed E-state index contributed by atoms with van der Waals surface area (Å²) in [6.45, 7) is 0. The number of carbonyl (C=O) groups is 2. The third-order valence-corrected chi connectivity index (χ3v) is 3.02. The first-order valence-corrected chi connectivity index (χ1v) is 6.64. The molecule has 0 atom stereocenters. The number of hydrogen-bond donors (Lipinski definition) is 3. The molecule has 6 heteroatoms. The summed E-state index contributed by atoms with van der Waals surface area (Å²) in [6, 6.07) is 13.7. The maximum atomic E-state index is 12.2. The largest absolute Gasteiger partial charge is 0.465 e. The van der Waals surface area contributed by atoms with Crippen molar-refractivity contribution in [2.75, 3.05) is 29.6 Å². The minimum absolute atomic E-state index is 0.220. The van der Waals surface area contributed by atoms with Gasteiger partial charge in [-0.15, -0.1) is 0 Å². The molecule has 0 saturated carbocycles. The Bertz CT molecular complexity index is 681. The summed E-state index contributed by atoms with van der Waals surface area (Å²) in [5, 5.41) is 13.6. The SMILES string of the molecule is CN(C)c1cccc(C(=O)Nc2ccc(NC(=O)O)cc2)c1. The van der Waals surface area contributed by atoms with Gasteiger partial charge in [-0.25, -0.2) is 4.79 Å². The average molecular weight is 299 g/mol. The van der Waals surface area contributed by atoms with Crippen molar-refractivity contribution in [3.8, 4) is 0 Å². The van der Waals surface area contributed by atoms with Crippen LogP contribution in [0, 0.1) is 0 Å². The summed E-state index contributed by atoms with van der Waals surface area (Å²) in [5.41, 5.74) is 2.53. The lowest BCUT2D eigenvalue weighted by molar-refractivity contribution is 0.102. The van der Waals surface area contributed by atoms with E-state index in [-0.39, 0.29) is 5.91 Å². The van der Waals surface area contributed by atoms with E-state index in [1.807, 2.05) is 31.1 Å². The Hall–Kier alpha value is -3.02. The molecule has 3 N–H and O–H groups in total. The molecule has 0 radical (unpaired) electrons. The first-order valence-electron chi connectivity index (χ1n) is 6.64. The van der Waals surface area contributed by atoms with Crippen LogP contribution in [0.25, 0.3) is 0 Å². The maximum Gasteiger partial charge on any atom is 0.409 e. The van der Waals surface area contributed by atoms with Crippen LogP contribution in [0.3, 0.4) is 0 Å². The number of carbonyl (C=O) groups excluding carboxylic acids is 1. The van der Waals surface area contributed by atoms with Gasteiger partial charge in [0.15, 0.2) is 0 Å². The zero-order valence-electron chi connectivity index (χ0n) is 12.3. The fourth-order valence-corrected chi connectivity index (χ4v) is 1.89. The van der Waals surface area contributed by atoms with E-state index in [1.165, 1.54) is 0 Å². The molecule has 0 unspecified atom stereocenters. The van der Waals surface area contributed by atoms with E-state index in [0.29, 0.717) is 16.9 Å². The minimum atomic E-state index is -1.13. The molecule has 2 amide bonds. The molecule has 22 heavy (non-hydrogen) atoms. The van der Waals surface area contributed by atoms with E-state index in [4.69, 9.17) is 5.11 Å². The number of benzene rings is 2. The van der Waals surface area contributed by atoms with Crippen LogP contribution in [0.2, 0.25) is 0 Å². The summed E-state index contributed by atoms with van der Waals surface area (Å²) in [5.74, 6) is -0.220. The van der Waals surface area contributed by atoms with Crippen LogP contribution in [0.4, 0.5) is 21.9 Å². The Morgan fingerprint density at radius 3 is 2.09 bits per heavy atom. The van der Waals surface area contributed by atoms with Gasteiger partial charge in [0.25, 0.3) is 5.91 Å². The maximum absolute atomic E-state index is 12.2. The molecule has 2 rings (SSSR count). The summed E-state index contributed by atoms with van der Waals surface area (Å²) in [6.07, 6.45) is -1.13. The molecule has 2 aromatic rings. The van der Waals surface area contributed by atoms with E-state index in [0.717, 1.165) is 5.69 Å². The van der Waals surface area contributed by atoms with E-state index in [9.17, 15) is 9.59 Å². The van der Waals surface area contributed by atoms with Crippen molar-refractivity contribution >= 4 is 29.1 Å². The van der Waals surface area contributed by atoms with Crippen molar-refractivity contribution in [3.05, 3.63) is 54.1 Å². The van der Waals surface area contributed by atoms with Gasteiger partial charge >= 0.3 is 6.09 Å². The molecule has 0 fully saturated rings. The molecular weight excluding hydrogens is 282 g/mol. The highest BCUT2D eigenvalue weighted by Gasteiger charge is 2.08. The molecule has 114 valence electrons. The van der Waals surface area contributed by atoms with Gasteiger partial charge in [-0.1, -0.05) is 6.07 Å². The van der Waals surface area contributed by atoms with Crippen LogP contribution in [0.5, 0.6) is 0 Å². The van der Waals surface area contributed by atoms with Gasteiger partial charge < -0.3 is 15.3 Å². The predicted molar refractivity (Wildman–Crippen MR) is 86.8 cm³/mol. The summed E-state index contributed by atoms with van der Waals surface area (Å²) >= 11 is 0. The lowest BCUT2D eigenvalue weighted by Crippen LogP contribution is -2.14. The fraction of sp³-hybridized carbons (Fsp3) is 0.125. The molecule has 0 aromatic heterocycles. The normalized spacial score (nSPS) is 9.91. The third-order valence-electron chi connectivity index (χ3n) is 3.02. The molecule has 0 saturated heterocycles. The van der Waals surface area contributed by atoms with Crippen LogP contribution in [-0.2, 0) is 0 Å². The molecule has 6 nitrogen and oxygen atoms in total. The first kappa shape index (κ1) is 15.4. The lowest BCUT2D eigenvalue weighted by Gasteiger charge is -2.13. The average Bonchev–Trinajstić information content (AvgIpc) is 2.49. The number of amides is 2. The molecule has 0 bridgehead atoms. The van der Waals surface area contributed by atoms with Crippen LogP contribution in [0.1, 0.15) is 10.4 Å². The predicted octanol–water partition coefficient (Wildman–Crippen LogP) is 3.09. The van der Waals surface area contributed by atoms with E-state index in [2.05, 4.69) is 10.6 Å². The zero-order chi connectivity index (χ0) is 16.1. The molecule has 2 aromatic carbocycles. The molecule has 0 heterocycles. The van der Waals surface area contributed by atoms with Gasteiger partial charge in [0.05, 0.1) is 0 Å². The van der Waals surface area contributed by atoms with Gasteiger partial charge in [0.2, 0.25) is 0 Å².